The molecule has 5 rings (SSSR count). The van der Waals surface area contributed by atoms with Crippen molar-refractivity contribution < 1.29 is 22.7 Å². The van der Waals surface area contributed by atoms with Gasteiger partial charge in [-0.25, -0.2) is 9.97 Å². The highest BCUT2D eigenvalue weighted by molar-refractivity contribution is 7.11. The molecule has 186 valence electrons. The number of halogens is 4. The maximum atomic E-state index is 13.4. The molecule has 0 saturated heterocycles. The van der Waals surface area contributed by atoms with Crippen LogP contribution in [0.5, 0.6) is 5.75 Å². The lowest BCUT2D eigenvalue weighted by Crippen LogP contribution is -2.43. The van der Waals surface area contributed by atoms with E-state index in [-0.39, 0.29) is 29.3 Å². The van der Waals surface area contributed by atoms with Crippen LogP contribution in [0.2, 0.25) is 5.02 Å². The molecule has 0 fully saturated rings. The SMILES string of the molecule is Cc1nc(C)c(C2c3c(nc4n3CCCC4)CCN2C(=O)COc2ccc(C(F)(F)F)cc2Cl)s1. The highest BCUT2D eigenvalue weighted by atomic mass is 35.5. The molecule has 6 nitrogen and oxygen atoms in total. The van der Waals surface area contributed by atoms with E-state index in [0.29, 0.717) is 13.0 Å². The fourth-order valence-electron chi connectivity index (χ4n) is 4.91. The standard InChI is InChI=1S/C24H24ClF3N4O2S/c1-13-23(35-14(2)29-13)22-21-17(30-19-5-3-4-9-31(19)21)8-10-32(22)20(33)12-34-18-7-6-15(11-16(18)25)24(26,27)28/h6-7,11,22H,3-5,8-10,12H2,1-2H3. The fraction of sp³-hybridized carbons (Fsp3) is 0.458. The Balaban J connectivity index is 1.44. The second kappa shape index (κ2) is 9.13. The third-order valence-corrected chi connectivity index (χ3v) is 7.89. The number of benzene rings is 1. The van der Waals surface area contributed by atoms with Crippen molar-refractivity contribution in [2.75, 3.05) is 13.2 Å². The van der Waals surface area contributed by atoms with Crippen LogP contribution in [0.3, 0.4) is 0 Å². The number of hydrogen-bond donors (Lipinski definition) is 0. The van der Waals surface area contributed by atoms with E-state index in [2.05, 4.69) is 9.55 Å². The molecule has 1 unspecified atom stereocenters. The predicted octanol–water partition coefficient (Wildman–Crippen LogP) is 5.52. The topological polar surface area (TPSA) is 60.2 Å². The second-order valence-corrected chi connectivity index (χ2v) is 10.5. The number of hydrogen-bond acceptors (Lipinski definition) is 5. The van der Waals surface area contributed by atoms with E-state index < -0.39 is 11.7 Å². The number of alkyl halides is 3. The van der Waals surface area contributed by atoms with Crippen LogP contribution >= 0.6 is 22.9 Å². The molecular weight excluding hydrogens is 501 g/mol. The Kier molecular flexibility index (Phi) is 6.29. The lowest BCUT2D eigenvalue weighted by atomic mass is 9.99. The minimum absolute atomic E-state index is 0.0359. The fourth-order valence-corrected chi connectivity index (χ4v) is 6.19. The summed E-state index contributed by atoms with van der Waals surface area (Å²) < 4.78 is 46.7. The van der Waals surface area contributed by atoms with Gasteiger partial charge in [-0.1, -0.05) is 11.6 Å². The normalized spacial score (nSPS) is 17.8. The third-order valence-electron chi connectivity index (χ3n) is 6.47. The molecule has 2 aliphatic heterocycles. The van der Waals surface area contributed by atoms with Crippen LogP contribution in [0, 0.1) is 13.8 Å². The number of imidazole rings is 1. The summed E-state index contributed by atoms with van der Waals surface area (Å²) in [5.41, 5.74) is 2.07. The van der Waals surface area contributed by atoms with Gasteiger partial charge in [-0.05, 0) is 44.9 Å². The molecule has 0 radical (unpaired) electrons. The van der Waals surface area contributed by atoms with Gasteiger partial charge in [-0.15, -0.1) is 11.3 Å². The van der Waals surface area contributed by atoms with E-state index in [0.717, 1.165) is 76.8 Å². The number of nitrogens with zero attached hydrogens (tertiary/aromatic N) is 4. The summed E-state index contributed by atoms with van der Waals surface area (Å²) >= 11 is 7.58. The van der Waals surface area contributed by atoms with Crippen molar-refractivity contribution in [2.24, 2.45) is 0 Å². The van der Waals surface area contributed by atoms with Crippen molar-refractivity contribution in [2.45, 2.75) is 58.3 Å². The summed E-state index contributed by atoms with van der Waals surface area (Å²) in [5.74, 6) is 0.828. The number of aryl methyl sites for hydroxylation is 3. The lowest BCUT2D eigenvalue weighted by Gasteiger charge is -2.36. The number of amides is 1. The molecular formula is C24H24ClF3N4O2S. The van der Waals surface area contributed by atoms with Gasteiger partial charge in [0.25, 0.3) is 5.91 Å². The van der Waals surface area contributed by atoms with Crippen LogP contribution in [0.4, 0.5) is 13.2 Å². The van der Waals surface area contributed by atoms with Crippen LogP contribution in [0.1, 0.15) is 57.2 Å². The van der Waals surface area contributed by atoms with Gasteiger partial charge >= 0.3 is 6.18 Å². The Hall–Kier alpha value is -2.59. The smallest absolute Gasteiger partial charge is 0.416 e. The Morgan fingerprint density at radius 2 is 2.00 bits per heavy atom. The molecule has 1 aromatic carbocycles. The van der Waals surface area contributed by atoms with Gasteiger partial charge in [-0.3, -0.25) is 4.79 Å². The van der Waals surface area contributed by atoms with Crippen LogP contribution in [0.15, 0.2) is 18.2 Å². The largest absolute Gasteiger partial charge is 0.482 e. The molecule has 35 heavy (non-hydrogen) atoms. The molecule has 0 bridgehead atoms. The van der Waals surface area contributed by atoms with Crippen LogP contribution in [-0.2, 0) is 30.4 Å². The first kappa shape index (κ1) is 24.1. The van der Waals surface area contributed by atoms with E-state index >= 15 is 0 Å². The number of thiazole rings is 1. The molecule has 1 atom stereocenters. The Morgan fingerprint density at radius 1 is 1.20 bits per heavy atom. The van der Waals surface area contributed by atoms with Gasteiger partial charge in [0.15, 0.2) is 6.61 Å². The average Bonchev–Trinajstić information content (AvgIpc) is 3.35. The summed E-state index contributed by atoms with van der Waals surface area (Å²) in [5, 5.41) is 0.729. The maximum Gasteiger partial charge on any atom is 0.416 e. The first-order valence-corrected chi connectivity index (χ1v) is 12.6. The maximum absolute atomic E-state index is 13.4. The molecule has 0 N–H and O–H groups in total. The summed E-state index contributed by atoms with van der Waals surface area (Å²) in [7, 11) is 0. The van der Waals surface area contributed by atoms with Crippen molar-refractivity contribution in [1.82, 2.24) is 19.4 Å². The minimum Gasteiger partial charge on any atom is -0.482 e. The second-order valence-electron chi connectivity index (χ2n) is 8.82. The summed E-state index contributed by atoms with van der Waals surface area (Å²) in [4.78, 5) is 25.7. The number of aromatic nitrogens is 3. The van der Waals surface area contributed by atoms with E-state index in [9.17, 15) is 18.0 Å². The van der Waals surface area contributed by atoms with Gasteiger partial charge in [-0.2, -0.15) is 13.2 Å². The molecule has 0 spiro atoms. The zero-order valence-corrected chi connectivity index (χ0v) is 20.9. The van der Waals surface area contributed by atoms with Crippen molar-refractivity contribution in [3.63, 3.8) is 0 Å². The first-order chi connectivity index (χ1) is 16.6. The van der Waals surface area contributed by atoms with Crippen molar-refractivity contribution in [3.8, 4) is 5.75 Å². The van der Waals surface area contributed by atoms with Crippen LogP contribution < -0.4 is 4.74 Å². The van der Waals surface area contributed by atoms with E-state index in [1.807, 2.05) is 13.8 Å². The Bertz CT molecular complexity index is 1290. The molecule has 11 heteroatoms. The molecule has 0 saturated carbocycles. The van der Waals surface area contributed by atoms with Crippen molar-refractivity contribution >= 4 is 28.8 Å². The summed E-state index contributed by atoms with van der Waals surface area (Å²) in [6.07, 6.45) is -0.790. The van der Waals surface area contributed by atoms with Crippen LogP contribution in [-0.4, -0.2) is 38.5 Å². The number of ether oxygens (including phenoxy) is 1. The molecule has 2 aliphatic rings. The first-order valence-electron chi connectivity index (χ1n) is 11.4. The quantitative estimate of drug-likeness (QED) is 0.451. The molecule has 4 heterocycles. The molecule has 1 amide bonds. The van der Waals surface area contributed by atoms with Gasteiger partial charge in [0, 0.05) is 25.9 Å². The number of fused-ring (bicyclic) bond motifs is 3. The van der Waals surface area contributed by atoms with E-state index in [1.54, 1.807) is 16.2 Å². The number of carbonyl (C=O) groups excluding carboxylic acids is 1. The average molecular weight is 525 g/mol. The van der Waals surface area contributed by atoms with Gasteiger partial charge in [0.2, 0.25) is 0 Å². The number of carbonyl (C=O) groups is 1. The number of rotatable bonds is 4. The van der Waals surface area contributed by atoms with E-state index in [1.165, 1.54) is 0 Å². The van der Waals surface area contributed by atoms with E-state index in [4.69, 9.17) is 21.3 Å². The highest BCUT2D eigenvalue weighted by Crippen LogP contribution is 2.41. The summed E-state index contributed by atoms with van der Waals surface area (Å²) in [6.45, 7) is 4.88. The Labute approximate surface area is 209 Å². The third kappa shape index (κ3) is 4.53. The summed E-state index contributed by atoms with van der Waals surface area (Å²) in [6, 6.07) is 2.51. The monoisotopic (exact) mass is 524 g/mol. The van der Waals surface area contributed by atoms with Gasteiger partial charge < -0.3 is 14.2 Å². The van der Waals surface area contributed by atoms with Crippen molar-refractivity contribution in [3.05, 3.63) is 61.6 Å². The lowest BCUT2D eigenvalue weighted by molar-refractivity contribution is -0.138. The molecule has 0 aliphatic carbocycles. The zero-order chi connectivity index (χ0) is 24.9. The van der Waals surface area contributed by atoms with Crippen molar-refractivity contribution in [1.29, 1.82) is 0 Å². The van der Waals surface area contributed by atoms with Gasteiger partial charge in [0.1, 0.15) is 17.6 Å². The van der Waals surface area contributed by atoms with Crippen LogP contribution in [0.25, 0.3) is 0 Å². The zero-order valence-electron chi connectivity index (χ0n) is 19.3. The molecule has 3 aromatic rings. The van der Waals surface area contributed by atoms with Gasteiger partial charge in [0.05, 0.1) is 37.6 Å². The predicted molar refractivity (Wildman–Crippen MR) is 126 cm³/mol. The molecule has 2 aromatic heterocycles. The highest BCUT2D eigenvalue weighted by Gasteiger charge is 2.39. The minimum atomic E-state index is -4.51. The Morgan fingerprint density at radius 3 is 2.69 bits per heavy atom.